The molecule has 0 saturated carbocycles. The normalized spacial score (nSPS) is 26.8. The van der Waals surface area contributed by atoms with E-state index >= 15 is 0 Å². The molecule has 2 heterocycles. The van der Waals surface area contributed by atoms with Gasteiger partial charge in [0.1, 0.15) is 0 Å². The molecule has 1 saturated heterocycles. The van der Waals surface area contributed by atoms with E-state index in [-0.39, 0.29) is 0 Å². The minimum Gasteiger partial charge on any atom is -0.726 e. The quantitative estimate of drug-likeness (QED) is 0.411. The molecule has 25 heavy (non-hydrogen) atoms. The molecule has 3 atom stereocenters. The Kier molecular flexibility index (Phi) is 4.89. The number of ether oxygens (including phenoxy) is 2. The number of imide groups is 1. The van der Waals surface area contributed by atoms with Crippen LogP contribution in [0.1, 0.15) is 33.6 Å². The Bertz CT molecular complexity index is 757. The number of fused-ring (bicyclic) bond motifs is 1. The highest BCUT2D eigenvalue weighted by Gasteiger charge is 2.45. The molecular formula is C15H16NO8S-. The van der Waals surface area contributed by atoms with Crippen molar-refractivity contribution in [3.05, 3.63) is 35.4 Å². The third kappa shape index (κ3) is 3.58. The number of hydrogen-bond acceptors (Lipinski definition) is 8. The van der Waals surface area contributed by atoms with Crippen molar-refractivity contribution in [3.63, 3.8) is 0 Å². The number of nitrogens with zero attached hydrogens (tertiary/aromatic N) is 1. The molecule has 2 aliphatic heterocycles. The minimum atomic E-state index is -4.82. The zero-order chi connectivity index (χ0) is 18.2. The SMILES string of the molecule is CO[C@@H]1OC(COS(=O)(=O)[O-])CCC1N1C(=O)c2ccccc2C1=O. The zero-order valence-electron chi connectivity index (χ0n) is 13.3. The van der Waals surface area contributed by atoms with Gasteiger partial charge < -0.3 is 14.0 Å². The van der Waals surface area contributed by atoms with E-state index in [4.69, 9.17) is 9.47 Å². The lowest BCUT2D eigenvalue weighted by Gasteiger charge is -2.39. The Morgan fingerprint density at radius 1 is 1.20 bits per heavy atom. The van der Waals surface area contributed by atoms with Gasteiger partial charge in [-0.1, -0.05) is 12.1 Å². The molecule has 0 N–H and O–H groups in total. The van der Waals surface area contributed by atoms with Gasteiger partial charge >= 0.3 is 0 Å². The molecule has 9 nitrogen and oxygen atoms in total. The summed E-state index contributed by atoms with van der Waals surface area (Å²) in [4.78, 5) is 26.2. The summed E-state index contributed by atoms with van der Waals surface area (Å²) in [7, 11) is -3.47. The number of benzene rings is 1. The fourth-order valence-electron chi connectivity index (χ4n) is 3.10. The fourth-order valence-corrected chi connectivity index (χ4v) is 3.41. The van der Waals surface area contributed by atoms with Gasteiger partial charge in [0.25, 0.3) is 11.8 Å². The number of hydrogen-bond donors (Lipinski definition) is 0. The van der Waals surface area contributed by atoms with Gasteiger partial charge in [0.05, 0.1) is 29.9 Å². The number of methoxy groups -OCH3 is 1. The fraction of sp³-hybridized carbons (Fsp3) is 0.467. The molecule has 2 amide bonds. The summed E-state index contributed by atoms with van der Waals surface area (Å²) in [6.07, 6.45) is -1.01. The number of amides is 2. The van der Waals surface area contributed by atoms with Crippen LogP contribution < -0.4 is 0 Å². The number of carbonyl (C=O) groups excluding carboxylic acids is 2. The van der Waals surface area contributed by atoms with Crippen LogP contribution in [0.2, 0.25) is 0 Å². The van der Waals surface area contributed by atoms with Crippen LogP contribution in [0.25, 0.3) is 0 Å². The lowest BCUT2D eigenvalue weighted by Crippen LogP contribution is -2.53. The first-order valence-electron chi connectivity index (χ1n) is 7.57. The summed E-state index contributed by atoms with van der Waals surface area (Å²) in [5, 5.41) is 0. The Labute approximate surface area is 144 Å². The summed E-state index contributed by atoms with van der Waals surface area (Å²) in [6, 6.07) is 5.86. The lowest BCUT2D eigenvalue weighted by atomic mass is 10.0. The number of rotatable bonds is 5. The van der Waals surface area contributed by atoms with E-state index in [0.29, 0.717) is 24.0 Å². The van der Waals surface area contributed by atoms with E-state index in [9.17, 15) is 22.6 Å². The van der Waals surface area contributed by atoms with E-state index in [1.54, 1.807) is 24.3 Å². The van der Waals surface area contributed by atoms with Gasteiger partial charge in [-0.05, 0) is 25.0 Å². The molecule has 0 aromatic heterocycles. The third-order valence-corrected chi connectivity index (χ3v) is 4.64. The summed E-state index contributed by atoms with van der Waals surface area (Å²) < 4.78 is 46.6. The highest BCUT2D eigenvalue weighted by molar-refractivity contribution is 7.80. The Hall–Kier alpha value is -1.85. The predicted molar refractivity (Wildman–Crippen MR) is 81.3 cm³/mol. The van der Waals surface area contributed by atoms with Crippen LogP contribution in [-0.4, -0.2) is 61.8 Å². The first kappa shape index (κ1) is 18.0. The predicted octanol–water partition coefficient (Wildman–Crippen LogP) is 0.279. The van der Waals surface area contributed by atoms with E-state index in [1.165, 1.54) is 7.11 Å². The van der Waals surface area contributed by atoms with E-state index < -0.39 is 47.3 Å². The molecule has 0 radical (unpaired) electrons. The molecule has 3 rings (SSSR count). The zero-order valence-corrected chi connectivity index (χ0v) is 14.1. The van der Waals surface area contributed by atoms with Gasteiger partial charge in [0, 0.05) is 7.11 Å². The largest absolute Gasteiger partial charge is 0.726 e. The summed E-state index contributed by atoms with van der Waals surface area (Å²) in [6.45, 7) is -0.444. The average Bonchev–Trinajstić information content (AvgIpc) is 2.84. The Balaban J connectivity index is 1.74. The highest BCUT2D eigenvalue weighted by Crippen LogP contribution is 2.31. The second kappa shape index (κ2) is 6.81. The van der Waals surface area contributed by atoms with Crippen LogP contribution in [0, 0.1) is 0 Å². The second-order valence-electron chi connectivity index (χ2n) is 5.73. The molecule has 1 aromatic rings. The van der Waals surface area contributed by atoms with Crippen LogP contribution in [0.5, 0.6) is 0 Å². The molecule has 1 aromatic carbocycles. The lowest BCUT2D eigenvalue weighted by molar-refractivity contribution is -0.210. The van der Waals surface area contributed by atoms with Crippen molar-refractivity contribution >= 4 is 22.2 Å². The highest BCUT2D eigenvalue weighted by atomic mass is 32.3. The summed E-state index contributed by atoms with van der Waals surface area (Å²) in [5.41, 5.74) is 0.649. The van der Waals surface area contributed by atoms with Crippen LogP contribution in [-0.2, 0) is 24.1 Å². The van der Waals surface area contributed by atoms with Crippen molar-refractivity contribution in [3.8, 4) is 0 Å². The Morgan fingerprint density at radius 2 is 1.80 bits per heavy atom. The first-order valence-corrected chi connectivity index (χ1v) is 8.90. The summed E-state index contributed by atoms with van der Waals surface area (Å²) in [5.74, 6) is -0.846. The van der Waals surface area contributed by atoms with Crippen molar-refractivity contribution in [2.24, 2.45) is 0 Å². The van der Waals surface area contributed by atoms with Crippen LogP contribution in [0.4, 0.5) is 0 Å². The van der Waals surface area contributed by atoms with Gasteiger partial charge in [-0.3, -0.25) is 18.7 Å². The molecule has 136 valence electrons. The van der Waals surface area contributed by atoms with Gasteiger partial charge in [-0.15, -0.1) is 0 Å². The topological polar surface area (TPSA) is 122 Å². The van der Waals surface area contributed by atoms with E-state index in [0.717, 1.165) is 4.90 Å². The first-order chi connectivity index (χ1) is 11.8. The van der Waals surface area contributed by atoms with Crippen molar-refractivity contribution in [1.82, 2.24) is 4.90 Å². The monoisotopic (exact) mass is 370 g/mol. The molecular weight excluding hydrogens is 354 g/mol. The molecule has 10 heteroatoms. The summed E-state index contributed by atoms with van der Waals surface area (Å²) >= 11 is 0. The maximum atomic E-state index is 12.6. The average molecular weight is 370 g/mol. The van der Waals surface area contributed by atoms with Crippen LogP contribution >= 0.6 is 0 Å². The van der Waals surface area contributed by atoms with E-state index in [1.807, 2.05) is 0 Å². The maximum Gasteiger partial charge on any atom is 0.261 e. The van der Waals surface area contributed by atoms with Crippen LogP contribution in [0.3, 0.4) is 0 Å². The van der Waals surface area contributed by atoms with E-state index in [2.05, 4.69) is 4.18 Å². The number of carbonyl (C=O) groups is 2. The second-order valence-corrected chi connectivity index (χ2v) is 6.78. The van der Waals surface area contributed by atoms with Crippen molar-refractivity contribution < 1.29 is 36.2 Å². The standard InChI is InChI=1S/C15H17NO8S/c1-22-15-12(7-6-9(24-15)8-23-25(19,20)21)16-13(17)10-4-2-3-5-11(10)14(16)18/h2-5,9,12,15H,6-8H2,1H3,(H,19,20,21)/p-1/t9?,12?,15-/m1/s1. The van der Waals surface area contributed by atoms with Crippen molar-refractivity contribution in [2.75, 3.05) is 13.7 Å². The molecule has 2 aliphatic rings. The van der Waals surface area contributed by atoms with Gasteiger partial charge in [0.15, 0.2) is 6.29 Å². The van der Waals surface area contributed by atoms with Crippen molar-refractivity contribution in [1.29, 1.82) is 0 Å². The van der Waals surface area contributed by atoms with Gasteiger partial charge in [0.2, 0.25) is 10.4 Å². The molecule has 2 unspecified atom stereocenters. The molecule has 1 fully saturated rings. The van der Waals surface area contributed by atoms with Gasteiger partial charge in [-0.2, -0.15) is 0 Å². The smallest absolute Gasteiger partial charge is 0.261 e. The van der Waals surface area contributed by atoms with Crippen LogP contribution in [0.15, 0.2) is 24.3 Å². The third-order valence-electron chi connectivity index (χ3n) is 4.21. The Morgan fingerprint density at radius 3 is 2.32 bits per heavy atom. The maximum absolute atomic E-state index is 12.6. The minimum absolute atomic E-state index is 0.299. The molecule has 0 bridgehead atoms. The molecule has 0 spiro atoms. The van der Waals surface area contributed by atoms with Gasteiger partial charge in [-0.25, -0.2) is 8.42 Å². The van der Waals surface area contributed by atoms with Crippen molar-refractivity contribution in [2.45, 2.75) is 31.3 Å². The molecule has 0 aliphatic carbocycles.